The Balaban J connectivity index is 0.727. The summed E-state index contributed by atoms with van der Waals surface area (Å²) < 4.78 is 19.0. The summed E-state index contributed by atoms with van der Waals surface area (Å²) in [6.45, 7) is 5.10. The Morgan fingerprint density at radius 3 is 2.50 bits per heavy atom. The summed E-state index contributed by atoms with van der Waals surface area (Å²) in [7, 11) is 1.77. The Morgan fingerprint density at radius 1 is 0.931 bits per heavy atom. The van der Waals surface area contributed by atoms with Crippen LogP contribution in [-0.4, -0.2) is 98.1 Å². The number of fused-ring (bicyclic) bond motifs is 5. The lowest BCUT2D eigenvalue weighted by atomic mass is 9.73. The minimum atomic E-state index is -0.704. The molecule has 8 heterocycles. The van der Waals surface area contributed by atoms with E-state index < -0.39 is 11.9 Å². The van der Waals surface area contributed by atoms with Gasteiger partial charge in [-0.1, -0.05) is 6.07 Å². The van der Waals surface area contributed by atoms with Crippen molar-refractivity contribution in [1.82, 2.24) is 39.6 Å². The average molecular weight is 785 g/mol. The second-order valence-corrected chi connectivity index (χ2v) is 17.3. The molecule has 2 saturated carbocycles. The molecule has 3 atom stereocenters. The Morgan fingerprint density at radius 2 is 1.74 bits per heavy atom. The number of H-pyrrole nitrogens is 1. The van der Waals surface area contributed by atoms with Crippen LogP contribution in [0.25, 0.3) is 33.8 Å². The van der Waals surface area contributed by atoms with Gasteiger partial charge in [0.05, 0.1) is 39.2 Å². The molecule has 6 fully saturated rings. The lowest BCUT2D eigenvalue weighted by Gasteiger charge is -2.57. The highest BCUT2D eigenvalue weighted by Crippen LogP contribution is 2.51. The number of piperazine rings is 1. The zero-order chi connectivity index (χ0) is 39.4. The summed E-state index contributed by atoms with van der Waals surface area (Å²) in [5.74, 6) is -0.290. The van der Waals surface area contributed by atoms with E-state index in [-0.39, 0.29) is 35.2 Å². The first-order chi connectivity index (χ1) is 28.1. The first-order valence-electron chi connectivity index (χ1n) is 20.6. The van der Waals surface area contributed by atoms with E-state index in [4.69, 9.17) is 4.98 Å². The number of amides is 3. The van der Waals surface area contributed by atoms with Crippen molar-refractivity contribution in [1.29, 1.82) is 0 Å². The summed E-state index contributed by atoms with van der Waals surface area (Å²) in [6.07, 6.45) is 7.53. The molecule has 5 aromatic rings. The minimum absolute atomic E-state index is 0.00212. The Hall–Kier alpha value is -5.83. The predicted molar refractivity (Wildman–Crippen MR) is 215 cm³/mol. The Kier molecular flexibility index (Phi) is 7.98. The number of carbonyl (C=O) groups excluding carboxylic acids is 3. The molecule has 2 aliphatic carbocycles. The van der Waals surface area contributed by atoms with Gasteiger partial charge >= 0.3 is 5.69 Å². The lowest BCUT2D eigenvalue weighted by Crippen LogP contribution is -2.62. The van der Waals surface area contributed by atoms with Crippen molar-refractivity contribution in [3.05, 3.63) is 82.3 Å². The number of imide groups is 1. The van der Waals surface area contributed by atoms with Gasteiger partial charge < -0.3 is 20.1 Å². The maximum atomic E-state index is 15.8. The van der Waals surface area contributed by atoms with E-state index in [2.05, 4.69) is 41.4 Å². The van der Waals surface area contributed by atoms with Gasteiger partial charge in [0.1, 0.15) is 11.9 Å². The molecule has 0 radical (unpaired) electrons. The number of nitrogens with zero attached hydrogens (tertiary/aromatic N) is 7. The van der Waals surface area contributed by atoms with Crippen LogP contribution in [0.3, 0.4) is 0 Å². The summed E-state index contributed by atoms with van der Waals surface area (Å²) in [5, 5.41) is 5.41. The molecule has 5 aliphatic heterocycles. The van der Waals surface area contributed by atoms with Gasteiger partial charge in [-0.25, -0.2) is 19.2 Å². The molecule has 3 unspecified atom stereocenters. The number of imidazole rings is 1. The average Bonchev–Trinajstić information content (AvgIpc) is 3.77. The van der Waals surface area contributed by atoms with Crippen LogP contribution >= 0.6 is 0 Å². The lowest BCUT2D eigenvalue weighted by molar-refractivity contribution is -0.135. The molecule has 1 spiro atoms. The highest BCUT2D eigenvalue weighted by atomic mass is 19.1. The fraction of sp³-hybridized carbons (Fsp3) is 0.442. The van der Waals surface area contributed by atoms with E-state index in [9.17, 15) is 19.2 Å². The van der Waals surface area contributed by atoms with Crippen molar-refractivity contribution in [3.8, 4) is 22.8 Å². The van der Waals surface area contributed by atoms with Crippen molar-refractivity contribution >= 4 is 40.1 Å². The molecule has 3 amide bonds. The number of hydrogen-bond acceptors (Lipinski definition) is 9. The summed E-state index contributed by atoms with van der Waals surface area (Å²) in [5.41, 5.74) is 6.55. The monoisotopic (exact) mass is 784 g/mol. The highest BCUT2D eigenvalue weighted by molar-refractivity contribution is 6.01. The third kappa shape index (κ3) is 5.60. The van der Waals surface area contributed by atoms with Crippen LogP contribution in [0.1, 0.15) is 67.0 Å². The normalized spacial score (nSPS) is 25.1. The van der Waals surface area contributed by atoms with Gasteiger partial charge in [0, 0.05) is 87.8 Å². The van der Waals surface area contributed by atoms with Gasteiger partial charge in [-0.05, 0) is 86.9 Å². The zero-order valence-electron chi connectivity index (χ0n) is 32.3. The molecule has 7 aliphatic rings. The largest absolute Gasteiger partial charge is 0.369 e. The fourth-order valence-electron chi connectivity index (χ4n) is 10.7. The Labute approximate surface area is 333 Å². The third-order valence-corrected chi connectivity index (χ3v) is 13.8. The molecular formula is C43H45FN10O4. The van der Waals surface area contributed by atoms with Crippen molar-refractivity contribution in [2.24, 2.45) is 13.0 Å². The highest BCUT2D eigenvalue weighted by Gasteiger charge is 2.50. The smallest absolute Gasteiger partial charge is 0.329 e. The van der Waals surface area contributed by atoms with Crippen LogP contribution in [-0.2, 0) is 22.1 Å². The zero-order valence-corrected chi connectivity index (χ0v) is 32.3. The molecule has 2 aromatic carbocycles. The third-order valence-electron chi connectivity index (χ3n) is 13.8. The van der Waals surface area contributed by atoms with E-state index in [1.54, 1.807) is 40.6 Å². The van der Waals surface area contributed by atoms with Crippen LogP contribution in [0, 0.1) is 11.7 Å². The van der Waals surface area contributed by atoms with Gasteiger partial charge in [0.2, 0.25) is 11.8 Å². The second-order valence-electron chi connectivity index (χ2n) is 17.3. The number of aryl methyl sites for hydroxylation is 1. The first kappa shape index (κ1) is 35.3. The number of anilines is 2. The molecule has 15 heteroatoms. The van der Waals surface area contributed by atoms with Crippen molar-refractivity contribution in [2.45, 2.75) is 68.5 Å². The molecule has 2 bridgehead atoms. The second kappa shape index (κ2) is 13.1. The minimum Gasteiger partial charge on any atom is -0.369 e. The number of hydrogen-bond donors (Lipinski definition) is 3. The standard InChI is InChI=1S/C43H45FN10O4/c1-50-37-33(3-2-4-34(37)54(42(50)58)35-7-8-36(55)49-41(35)57)53-26-17-24(18-27(53)19-26)22-51-13-15-52(16-14-51)25-5-6-28(30(44)20-25)39-45-12-9-31(48-39)32-21-29-38(47-32)43(10-11-43)23-46-40(29)56/h2-6,9,12,20-21,24,26-27,35,47H,7-8,10-11,13-19,22-23H2,1H3,(H,46,56)(H,49,55,57). The molecule has 58 heavy (non-hydrogen) atoms. The number of halogens is 1. The summed E-state index contributed by atoms with van der Waals surface area (Å²) >= 11 is 0. The molecule has 4 saturated heterocycles. The molecule has 14 nitrogen and oxygen atoms in total. The van der Waals surface area contributed by atoms with Crippen LogP contribution in [0.5, 0.6) is 0 Å². The molecule has 12 rings (SSSR count). The van der Waals surface area contributed by atoms with E-state index in [1.807, 2.05) is 24.3 Å². The molecule has 3 N–H and O–H groups in total. The van der Waals surface area contributed by atoms with Crippen LogP contribution in [0.4, 0.5) is 15.8 Å². The topological polar surface area (TPSA) is 153 Å². The summed E-state index contributed by atoms with van der Waals surface area (Å²) in [4.78, 5) is 70.5. The van der Waals surface area contributed by atoms with Gasteiger partial charge in [0.15, 0.2) is 5.82 Å². The van der Waals surface area contributed by atoms with Gasteiger partial charge in [-0.15, -0.1) is 0 Å². The number of nitrogens with one attached hydrogen (secondary N) is 3. The van der Waals surface area contributed by atoms with Crippen LogP contribution in [0.2, 0.25) is 0 Å². The van der Waals surface area contributed by atoms with Crippen molar-refractivity contribution in [3.63, 3.8) is 0 Å². The predicted octanol–water partition coefficient (Wildman–Crippen LogP) is 3.86. The number of benzene rings is 2. The molecular weight excluding hydrogens is 740 g/mol. The van der Waals surface area contributed by atoms with Crippen molar-refractivity contribution in [2.75, 3.05) is 49.1 Å². The first-order valence-corrected chi connectivity index (χ1v) is 20.6. The summed E-state index contributed by atoms with van der Waals surface area (Å²) in [6, 6.07) is 15.0. The fourth-order valence-corrected chi connectivity index (χ4v) is 10.7. The van der Waals surface area contributed by atoms with Crippen LogP contribution < -0.4 is 26.1 Å². The van der Waals surface area contributed by atoms with Crippen molar-refractivity contribution < 1.29 is 18.8 Å². The number of piperidine rings is 2. The number of aromatic amines is 1. The van der Waals surface area contributed by atoms with Gasteiger partial charge in [-0.2, -0.15) is 0 Å². The van der Waals surface area contributed by atoms with Crippen LogP contribution in [0.15, 0.2) is 59.5 Å². The maximum Gasteiger partial charge on any atom is 0.329 e. The van der Waals surface area contributed by atoms with E-state index in [1.165, 1.54) is 0 Å². The van der Waals surface area contributed by atoms with E-state index in [0.29, 0.717) is 53.6 Å². The number of rotatable bonds is 7. The van der Waals surface area contributed by atoms with Gasteiger partial charge in [-0.3, -0.25) is 33.7 Å². The van der Waals surface area contributed by atoms with E-state index in [0.717, 1.165) is 98.6 Å². The SMILES string of the molecule is Cn1c(=O)n(C2CCC(=O)NC2=O)c2cccc(N3C4CC(CN5CCN(c6ccc(-c7nccc(-c8cc9c([nH]8)C8(CC8)CNC9=O)n7)c(F)c6)CC5)CC3C4)c21. The Bertz CT molecular complexity index is 2590. The quantitative estimate of drug-likeness (QED) is 0.209. The van der Waals surface area contributed by atoms with E-state index >= 15 is 4.39 Å². The number of para-hydroxylation sites is 1. The molecule has 3 aromatic heterocycles. The number of carbonyl (C=O) groups is 3. The number of aromatic nitrogens is 5. The molecule has 298 valence electrons. The van der Waals surface area contributed by atoms with Gasteiger partial charge in [0.25, 0.3) is 5.91 Å². The maximum absolute atomic E-state index is 15.8.